The van der Waals surface area contributed by atoms with Crippen molar-refractivity contribution in [2.45, 2.75) is 13.2 Å². The lowest BCUT2D eigenvalue weighted by atomic mass is 10.2. The number of hydrogen-bond acceptors (Lipinski definition) is 1. The first kappa shape index (κ1) is 12.6. The lowest BCUT2D eigenvalue weighted by Gasteiger charge is -2.08. The zero-order valence-corrected chi connectivity index (χ0v) is 10.4. The Hall–Kier alpha value is -1.87. The number of halogens is 1. The van der Waals surface area contributed by atoms with Gasteiger partial charge in [0.1, 0.15) is 24.7 Å². The Labute approximate surface area is 106 Å². The number of quaternary nitrogens is 1. The standard InChI is InChI=1S/C15H16FNO/c1-17-10-12-5-4-7-14(9-12)18-11-13-6-2-3-8-15(13)16/h2-9,17H,10-11H2,1H3/p+1. The van der Waals surface area contributed by atoms with Crippen molar-refractivity contribution >= 4 is 0 Å². The van der Waals surface area contributed by atoms with E-state index in [1.807, 2.05) is 31.3 Å². The summed E-state index contributed by atoms with van der Waals surface area (Å²) in [5.74, 6) is 0.549. The molecule has 0 aliphatic carbocycles. The summed E-state index contributed by atoms with van der Waals surface area (Å²) in [6.07, 6.45) is 0. The van der Waals surface area contributed by atoms with E-state index >= 15 is 0 Å². The quantitative estimate of drug-likeness (QED) is 0.859. The minimum absolute atomic E-state index is 0.226. The zero-order valence-electron chi connectivity index (χ0n) is 10.4. The van der Waals surface area contributed by atoms with Crippen LogP contribution in [0.3, 0.4) is 0 Å². The number of ether oxygens (including phenoxy) is 1. The SMILES string of the molecule is C[NH2+]Cc1cccc(OCc2ccccc2F)c1. The van der Waals surface area contributed by atoms with Gasteiger partial charge >= 0.3 is 0 Å². The lowest BCUT2D eigenvalue weighted by molar-refractivity contribution is -0.643. The third-order valence-electron chi connectivity index (χ3n) is 2.69. The third-order valence-corrected chi connectivity index (χ3v) is 2.69. The van der Waals surface area contributed by atoms with E-state index < -0.39 is 0 Å². The molecular formula is C15H17FNO+. The molecule has 2 aromatic carbocycles. The van der Waals surface area contributed by atoms with Gasteiger partial charge in [0.05, 0.1) is 7.05 Å². The Morgan fingerprint density at radius 2 is 1.94 bits per heavy atom. The molecule has 0 aromatic heterocycles. The van der Waals surface area contributed by atoms with E-state index in [-0.39, 0.29) is 12.4 Å². The zero-order chi connectivity index (χ0) is 12.8. The van der Waals surface area contributed by atoms with Gasteiger partial charge in [0, 0.05) is 11.1 Å². The maximum atomic E-state index is 13.4. The van der Waals surface area contributed by atoms with Crippen LogP contribution in [-0.2, 0) is 13.2 Å². The van der Waals surface area contributed by atoms with Crippen LogP contribution in [0.15, 0.2) is 48.5 Å². The van der Waals surface area contributed by atoms with Crippen LogP contribution in [0.1, 0.15) is 11.1 Å². The molecule has 0 radical (unpaired) electrons. The van der Waals surface area contributed by atoms with Crippen molar-refractivity contribution in [3.8, 4) is 5.75 Å². The molecule has 0 fully saturated rings. The smallest absolute Gasteiger partial charge is 0.129 e. The van der Waals surface area contributed by atoms with Gasteiger partial charge in [-0.2, -0.15) is 0 Å². The average Bonchev–Trinajstić information content (AvgIpc) is 2.39. The van der Waals surface area contributed by atoms with Crippen LogP contribution in [0.5, 0.6) is 5.75 Å². The molecule has 0 saturated heterocycles. The molecule has 2 N–H and O–H groups in total. The second kappa shape index (κ2) is 6.17. The molecule has 94 valence electrons. The van der Waals surface area contributed by atoms with Gasteiger partial charge in [-0.3, -0.25) is 0 Å². The average molecular weight is 246 g/mol. The fourth-order valence-electron chi connectivity index (χ4n) is 1.77. The highest BCUT2D eigenvalue weighted by molar-refractivity contribution is 5.28. The Morgan fingerprint density at radius 1 is 1.11 bits per heavy atom. The Balaban J connectivity index is 2.02. The number of hydrogen-bond donors (Lipinski definition) is 1. The summed E-state index contributed by atoms with van der Waals surface area (Å²) >= 11 is 0. The first-order valence-electron chi connectivity index (χ1n) is 6.02. The van der Waals surface area contributed by atoms with Crippen LogP contribution in [-0.4, -0.2) is 7.05 Å². The molecule has 0 bridgehead atoms. The number of rotatable bonds is 5. The Bertz CT molecular complexity index is 513. The Morgan fingerprint density at radius 3 is 2.72 bits per heavy atom. The summed E-state index contributed by atoms with van der Waals surface area (Å²) < 4.78 is 19.0. The molecule has 2 nitrogen and oxygen atoms in total. The van der Waals surface area contributed by atoms with Gasteiger partial charge in [0.15, 0.2) is 0 Å². The molecule has 2 aromatic rings. The third kappa shape index (κ3) is 3.31. The van der Waals surface area contributed by atoms with Gasteiger partial charge in [-0.25, -0.2) is 4.39 Å². The van der Waals surface area contributed by atoms with Crippen LogP contribution in [0, 0.1) is 5.82 Å². The van der Waals surface area contributed by atoms with E-state index in [9.17, 15) is 4.39 Å². The second-order valence-electron chi connectivity index (χ2n) is 4.14. The molecular weight excluding hydrogens is 229 g/mol. The van der Waals surface area contributed by atoms with Gasteiger partial charge in [-0.05, 0) is 18.2 Å². The fraction of sp³-hybridized carbons (Fsp3) is 0.200. The molecule has 0 saturated carbocycles. The molecule has 0 amide bonds. The summed E-state index contributed by atoms with van der Waals surface area (Å²) in [7, 11) is 2.02. The predicted molar refractivity (Wildman–Crippen MR) is 68.7 cm³/mol. The van der Waals surface area contributed by atoms with Gasteiger partial charge in [0.2, 0.25) is 0 Å². The van der Waals surface area contributed by atoms with E-state index in [1.54, 1.807) is 12.1 Å². The highest BCUT2D eigenvalue weighted by Crippen LogP contribution is 2.15. The first-order chi connectivity index (χ1) is 8.79. The number of benzene rings is 2. The minimum atomic E-state index is -0.226. The van der Waals surface area contributed by atoms with Crippen LogP contribution >= 0.6 is 0 Å². The normalized spacial score (nSPS) is 10.3. The molecule has 18 heavy (non-hydrogen) atoms. The predicted octanol–water partition coefficient (Wildman–Crippen LogP) is 2.10. The first-order valence-corrected chi connectivity index (χ1v) is 6.02. The Kier molecular flexibility index (Phi) is 4.31. The van der Waals surface area contributed by atoms with Gasteiger partial charge < -0.3 is 10.1 Å². The highest BCUT2D eigenvalue weighted by Gasteiger charge is 2.02. The highest BCUT2D eigenvalue weighted by atomic mass is 19.1. The molecule has 3 heteroatoms. The van der Waals surface area contributed by atoms with E-state index in [2.05, 4.69) is 11.4 Å². The van der Waals surface area contributed by atoms with E-state index in [4.69, 9.17) is 4.74 Å². The van der Waals surface area contributed by atoms with Crippen molar-refractivity contribution in [3.05, 3.63) is 65.5 Å². The van der Waals surface area contributed by atoms with Crippen LogP contribution in [0.4, 0.5) is 4.39 Å². The van der Waals surface area contributed by atoms with Crippen LogP contribution in [0.2, 0.25) is 0 Å². The molecule has 0 spiro atoms. The summed E-state index contributed by atoms with van der Waals surface area (Å²) in [5, 5.41) is 2.09. The molecule has 0 atom stereocenters. The fourth-order valence-corrected chi connectivity index (χ4v) is 1.77. The van der Waals surface area contributed by atoms with Gasteiger partial charge in [0.25, 0.3) is 0 Å². The maximum absolute atomic E-state index is 13.4. The van der Waals surface area contributed by atoms with Crippen LogP contribution < -0.4 is 10.1 Å². The van der Waals surface area contributed by atoms with Crippen LogP contribution in [0.25, 0.3) is 0 Å². The summed E-state index contributed by atoms with van der Waals surface area (Å²) in [6, 6.07) is 14.5. The maximum Gasteiger partial charge on any atom is 0.129 e. The van der Waals surface area contributed by atoms with Gasteiger partial charge in [-0.1, -0.05) is 30.3 Å². The van der Waals surface area contributed by atoms with E-state index in [1.165, 1.54) is 11.6 Å². The van der Waals surface area contributed by atoms with Crippen molar-refractivity contribution in [1.82, 2.24) is 0 Å². The lowest BCUT2D eigenvalue weighted by Crippen LogP contribution is -2.77. The number of nitrogens with two attached hydrogens (primary N) is 1. The molecule has 0 unspecified atom stereocenters. The van der Waals surface area contributed by atoms with Crippen molar-refractivity contribution in [2.75, 3.05) is 7.05 Å². The summed E-state index contributed by atoms with van der Waals surface area (Å²) in [6.45, 7) is 1.17. The van der Waals surface area contributed by atoms with Crippen molar-refractivity contribution in [3.63, 3.8) is 0 Å². The second-order valence-corrected chi connectivity index (χ2v) is 4.14. The van der Waals surface area contributed by atoms with E-state index in [0.29, 0.717) is 5.56 Å². The molecule has 2 rings (SSSR count). The minimum Gasteiger partial charge on any atom is -0.489 e. The topological polar surface area (TPSA) is 25.8 Å². The van der Waals surface area contributed by atoms with Gasteiger partial charge in [-0.15, -0.1) is 0 Å². The molecule has 0 aliphatic heterocycles. The van der Waals surface area contributed by atoms with Crippen molar-refractivity contribution in [2.24, 2.45) is 0 Å². The van der Waals surface area contributed by atoms with E-state index in [0.717, 1.165) is 12.3 Å². The molecule has 0 heterocycles. The van der Waals surface area contributed by atoms with Crippen molar-refractivity contribution in [1.29, 1.82) is 0 Å². The monoisotopic (exact) mass is 246 g/mol. The largest absolute Gasteiger partial charge is 0.489 e. The summed E-state index contributed by atoms with van der Waals surface area (Å²) in [5.41, 5.74) is 1.77. The summed E-state index contributed by atoms with van der Waals surface area (Å²) in [4.78, 5) is 0. The van der Waals surface area contributed by atoms with Crippen molar-refractivity contribution < 1.29 is 14.4 Å². The molecule has 0 aliphatic rings.